The molecule has 1 aromatic carbocycles. The predicted octanol–water partition coefficient (Wildman–Crippen LogP) is 2.90. The minimum atomic E-state index is 0.603. The molecule has 2 heteroatoms. The van der Waals surface area contributed by atoms with Crippen molar-refractivity contribution in [2.75, 3.05) is 5.88 Å². The molecule has 0 amide bonds. The first-order valence-corrected chi connectivity index (χ1v) is 4.94. The standard InChI is InChI=1S/C11H10ClN/c12-6-10-5-11(10)9-3-1-2-8(4-9)7-13/h1-4,10-11H,5-6H2. The maximum absolute atomic E-state index is 8.71. The average Bonchev–Trinajstić information content (AvgIpc) is 2.97. The van der Waals surface area contributed by atoms with Crippen molar-refractivity contribution in [3.05, 3.63) is 35.4 Å². The number of nitrogens with zero attached hydrogens (tertiary/aromatic N) is 1. The van der Waals surface area contributed by atoms with Gasteiger partial charge in [-0.2, -0.15) is 5.26 Å². The highest BCUT2D eigenvalue weighted by Crippen LogP contribution is 2.47. The van der Waals surface area contributed by atoms with Gasteiger partial charge < -0.3 is 0 Å². The second kappa shape index (κ2) is 3.40. The Morgan fingerprint density at radius 2 is 2.38 bits per heavy atom. The summed E-state index contributed by atoms with van der Waals surface area (Å²) in [6, 6.07) is 9.98. The first kappa shape index (κ1) is 8.59. The van der Waals surface area contributed by atoms with Gasteiger partial charge in [-0.1, -0.05) is 12.1 Å². The quantitative estimate of drug-likeness (QED) is 0.660. The molecule has 0 aliphatic heterocycles. The lowest BCUT2D eigenvalue weighted by Gasteiger charge is -1.98. The number of nitriles is 1. The summed E-state index contributed by atoms with van der Waals surface area (Å²) >= 11 is 5.75. The Morgan fingerprint density at radius 1 is 1.54 bits per heavy atom. The summed E-state index contributed by atoms with van der Waals surface area (Å²) in [5.74, 6) is 1.97. The van der Waals surface area contributed by atoms with Crippen molar-refractivity contribution in [2.24, 2.45) is 5.92 Å². The van der Waals surface area contributed by atoms with Gasteiger partial charge in [-0.05, 0) is 36.0 Å². The second-order valence-electron chi connectivity index (χ2n) is 3.49. The van der Waals surface area contributed by atoms with Crippen LogP contribution in [0.4, 0.5) is 0 Å². The summed E-state index contributed by atoms with van der Waals surface area (Å²) in [4.78, 5) is 0. The van der Waals surface area contributed by atoms with E-state index in [2.05, 4.69) is 12.1 Å². The van der Waals surface area contributed by atoms with Crippen molar-refractivity contribution in [1.29, 1.82) is 5.26 Å². The SMILES string of the molecule is N#Cc1cccc(C2CC2CCl)c1. The largest absolute Gasteiger partial charge is 0.192 e. The molecule has 66 valence electrons. The molecule has 0 aromatic heterocycles. The van der Waals surface area contributed by atoms with Crippen LogP contribution in [0.2, 0.25) is 0 Å². The zero-order chi connectivity index (χ0) is 9.26. The van der Waals surface area contributed by atoms with E-state index in [4.69, 9.17) is 16.9 Å². The van der Waals surface area contributed by atoms with Gasteiger partial charge in [0.2, 0.25) is 0 Å². The Balaban J connectivity index is 2.19. The Hall–Kier alpha value is -1.00. The summed E-state index contributed by atoms with van der Waals surface area (Å²) in [6.45, 7) is 0. The van der Waals surface area contributed by atoms with Crippen molar-refractivity contribution >= 4 is 11.6 Å². The zero-order valence-corrected chi connectivity index (χ0v) is 7.96. The third-order valence-electron chi connectivity index (χ3n) is 2.56. The minimum absolute atomic E-state index is 0.603. The molecular formula is C11H10ClN. The third kappa shape index (κ3) is 1.68. The number of halogens is 1. The molecular weight excluding hydrogens is 182 g/mol. The third-order valence-corrected chi connectivity index (χ3v) is 2.96. The molecule has 1 aliphatic rings. The van der Waals surface area contributed by atoms with Crippen LogP contribution in [-0.4, -0.2) is 5.88 Å². The summed E-state index contributed by atoms with van der Waals surface area (Å²) in [5, 5.41) is 8.71. The first-order chi connectivity index (χ1) is 6.35. The molecule has 0 N–H and O–H groups in total. The maximum atomic E-state index is 8.71. The van der Waals surface area contributed by atoms with Gasteiger partial charge in [0, 0.05) is 5.88 Å². The molecule has 2 unspecified atom stereocenters. The van der Waals surface area contributed by atoms with Crippen molar-refractivity contribution < 1.29 is 0 Å². The molecule has 13 heavy (non-hydrogen) atoms. The van der Waals surface area contributed by atoms with Crippen LogP contribution in [0, 0.1) is 17.2 Å². The highest BCUT2D eigenvalue weighted by molar-refractivity contribution is 6.18. The van der Waals surface area contributed by atoms with Gasteiger partial charge in [-0.25, -0.2) is 0 Å². The van der Waals surface area contributed by atoms with Crippen molar-refractivity contribution in [2.45, 2.75) is 12.3 Å². The van der Waals surface area contributed by atoms with E-state index in [1.165, 1.54) is 12.0 Å². The molecule has 0 radical (unpaired) electrons. The van der Waals surface area contributed by atoms with Gasteiger partial charge >= 0.3 is 0 Å². The monoisotopic (exact) mass is 191 g/mol. The van der Waals surface area contributed by atoms with Gasteiger partial charge in [0.15, 0.2) is 0 Å². The molecule has 2 atom stereocenters. The van der Waals surface area contributed by atoms with E-state index >= 15 is 0 Å². The van der Waals surface area contributed by atoms with Gasteiger partial charge in [0.1, 0.15) is 0 Å². The van der Waals surface area contributed by atoms with Gasteiger partial charge in [0.25, 0.3) is 0 Å². The lowest BCUT2D eigenvalue weighted by Crippen LogP contribution is -1.85. The Labute approximate surface area is 82.9 Å². The van der Waals surface area contributed by atoms with Gasteiger partial charge in [0.05, 0.1) is 11.6 Å². The molecule has 0 spiro atoms. The molecule has 2 rings (SSSR count). The van der Waals surface area contributed by atoms with Crippen LogP contribution in [0.1, 0.15) is 23.5 Å². The highest BCUT2D eigenvalue weighted by Gasteiger charge is 2.37. The normalized spacial score (nSPS) is 25.2. The molecule has 1 saturated carbocycles. The average molecular weight is 192 g/mol. The fourth-order valence-corrected chi connectivity index (χ4v) is 2.01. The number of hydrogen-bond donors (Lipinski definition) is 0. The van der Waals surface area contributed by atoms with E-state index in [0.29, 0.717) is 11.8 Å². The van der Waals surface area contributed by atoms with Crippen LogP contribution in [-0.2, 0) is 0 Å². The molecule has 1 nitrogen and oxygen atoms in total. The number of alkyl halides is 1. The topological polar surface area (TPSA) is 23.8 Å². The maximum Gasteiger partial charge on any atom is 0.0991 e. The summed E-state index contributed by atoms with van der Waals surface area (Å²) in [5.41, 5.74) is 2.02. The lowest BCUT2D eigenvalue weighted by molar-refractivity contribution is 0.923. The van der Waals surface area contributed by atoms with Gasteiger partial charge in [-0.3, -0.25) is 0 Å². The van der Waals surface area contributed by atoms with Crippen LogP contribution in [0.15, 0.2) is 24.3 Å². The fourth-order valence-electron chi connectivity index (χ4n) is 1.67. The Morgan fingerprint density at radius 3 is 3.00 bits per heavy atom. The van der Waals surface area contributed by atoms with Crippen LogP contribution in [0.25, 0.3) is 0 Å². The number of rotatable bonds is 2. The minimum Gasteiger partial charge on any atom is -0.192 e. The van der Waals surface area contributed by atoms with E-state index in [-0.39, 0.29) is 0 Å². The summed E-state index contributed by atoms with van der Waals surface area (Å²) in [7, 11) is 0. The fraction of sp³-hybridized carbons (Fsp3) is 0.364. The molecule has 0 heterocycles. The molecule has 1 aliphatic carbocycles. The van der Waals surface area contributed by atoms with E-state index in [1.54, 1.807) is 0 Å². The van der Waals surface area contributed by atoms with Crippen molar-refractivity contribution in [3.63, 3.8) is 0 Å². The summed E-state index contributed by atoms with van der Waals surface area (Å²) < 4.78 is 0. The van der Waals surface area contributed by atoms with Crippen molar-refractivity contribution in [3.8, 4) is 6.07 Å². The van der Waals surface area contributed by atoms with Crippen LogP contribution < -0.4 is 0 Å². The number of benzene rings is 1. The Bertz CT molecular complexity index is 353. The van der Waals surface area contributed by atoms with Crippen molar-refractivity contribution in [1.82, 2.24) is 0 Å². The first-order valence-electron chi connectivity index (χ1n) is 4.41. The van der Waals surface area contributed by atoms with Crippen LogP contribution >= 0.6 is 11.6 Å². The predicted molar refractivity (Wildman–Crippen MR) is 52.7 cm³/mol. The lowest BCUT2D eigenvalue weighted by atomic mass is 10.1. The van der Waals surface area contributed by atoms with Crippen LogP contribution in [0.5, 0.6) is 0 Å². The zero-order valence-electron chi connectivity index (χ0n) is 7.20. The number of hydrogen-bond acceptors (Lipinski definition) is 1. The van der Waals surface area contributed by atoms with E-state index < -0.39 is 0 Å². The molecule has 1 fully saturated rings. The van der Waals surface area contributed by atoms with E-state index in [1.807, 2.05) is 18.2 Å². The second-order valence-corrected chi connectivity index (χ2v) is 3.80. The van der Waals surface area contributed by atoms with E-state index in [9.17, 15) is 0 Å². The molecule has 1 aromatic rings. The van der Waals surface area contributed by atoms with Gasteiger partial charge in [-0.15, -0.1) is 11.6 Å². The molecule has 0 bridgehead atoms. The Kier molecular flexibility index (Phi) is 2.24. The highest BCUT2D eigenvalue weighted by atomic mass is 35.5. The van der Waals surface area contributed by atoms with Crippen LogP contribution in [0.3, 0.4) is 0 Å². The summed E-state index contributed by atoms with van der Waals surface area (Å²) in [6.07, 6.45) is 1.18. The molecule has 0 saturated heterocycles. The smallest absolute Gasteiger partial charge is 0.0991 e. The van der Waals surface area contributed by atoms with E-state index in [0.717, 1.165) is 11.4 Å².